The Hall–Kier alpha value is -2.83. The molecule has 0 atom stereocenters. The van der Waals surface area contributed by atoms with Gasteiger partial charge in [0, 0.05) is 12.4 Å². The molecule has 110 valence electrons. The number of aromatic carboxylic acids is 1. The molecule has 21 heavy (non-hydrogen) atoms. The molecule has 2 amide bonds. The number of H-pyrrole nitrogens is 1. The molecule has 0 saturated carbocycles. The van der Waals surface area contributed by atoms with Gasteiger partial charge in [0.25, 0.3) is 0 Å². The highest BCUT2D eigenvalue weighted by molar-refractivity contribution is 6.01. The molecule has 2 aromatic rings. The number of carbonyl (C=O) groups excluding carboxylic acids is 1. The second kappa shape index (κ2) is 6.08. The quantitative estimate of drug-likeness (QED) is 0.690. The summed E-state index contributed by atoms with van der Waals surface area (Å²) in [5, 5.41) is 14.4. The number of imidazole rings is 1. The number of nitrogens with one attached hydrogen (secondary N) is 3. The third-order valence-electron chi connectivity index (χ3n) is 2.92. The van der Waals surface area contributed by atoms with Crippen LogP contribution in [0.1, 0.15) is 27.3 Å². The predicted molar refractivity (Wildman–Crippen MR) is 77.3 cm³/mol. The van der Waals surface area contributed by atoms with Gasteiger partial charge in [-0.1, -0.05) is 6.07 Å². The summed E-state index contributed by atoms with van der Waals surface area (Å²) >= 11 is 0. The van der Waals surface area contributed by atoms with Crippen LogP contribution in [0.4, 0.5) is 10.5 Å². The molecule has 1 aromatic heterocycles. The molecule has 0 aliphatic rings. The first-order valence-electron chi connectivity index (χ1n) is 6.35. The van der Waals surface area contributed by atoms with Crippen molar-refractivity contribution >= 4 is 17.7 Å². The van der Waals surface area contributed by atoms with Crippen molar-refractivity contribution in [2.75, 3.05) is 5.32 Å². The lowest BCUT2D eigenvalue weighted by atomic mass is 10.0. The number of hydrogen-bond acceptors (Lipinski definition) is 3. The molecule has 1 aromatic carbocycles. The first-order chi connectivity index (χ1) is 9.97. The first-order valence-corrected chi connectivity index (χ1v) is 6.35. The number of anilines is 1. The van der Waals surface area contributed by atoms with E-state index >= 15 is 0 Å². The topological polar surface area (TPSA) is 107 Å². The van der Waals surface area contributed by atoms with Gasteiger partial charge in [-0.25, -0.2) is 14.6 Å². The van der Waals surface area contributed by atoms with Crippen molar-refractivity contribution in [1.82, 2.24) is 15.3 Å². The molecule has 2 rings (SSSR count). The summed E-state index contributed by atoms with van der Waals surface area (Å²) in [6.45, 7) is 3.79. The number of aromatic nitrogens is 2. The Bertz CT molecular complexity index is 665. The van der Waals surface area contributed by atoms with E-state index in [0.29, 0.717) is 17.1 Å². The van der Waals surface area contributed by atoms with Crippen molar-refractivity contribution in [3.63, 3.8) is 0 Å². The lowest BCUT2D eigenvalue weighted by molar-refractivity contribution is 0.0698. The minimum absolute atomic E-state index is 0.0700. The van der Waals surface area contributed by atoms with Gasteiger partial charge in [0.05, 0.1) is 17.8 Å². The number of carboxylic acid groups (broad SMARTS) is 1. The van der Waals surface area contributed by atoms with E-state index in [1.807, 2.05) is 6.07 Å². The lowest BCUT2D eigenvalue weighted by Crippen LogP contribution is -2.29. The minimum atomic E-state index is -1.08. The fraction of sp³-hybridized carbons (Fsp3) is 0.214. The molecule has 0 unspecified atom stereocenters. The van der Waals surface area contributed by atoms with Crippen molar-refractivity contribution in [2.45, 2.75) is 20.4 Å². The fourth-order valence-corrected chi connectivity index (χ4v) is 2.02. The van der Waals surface area contributed by atoms with Crippen LogP contribution in [-0.2, 0) is 6.54 Å². The summed E-state index contributed by atoms with van der Waals surface area (Å²) in [5.74, 6) is -0.465. The molecule has 7 nitrogen and oxygen atoms in total. The van der Waals surface area contributed by atoms with Crippen LogP contribution < -0.4 is 10.6 Å². The Kier molecular flexibility index (Phi) is 4.22. The second-order valence-electron chi connectivity index (χ2n) is 4.65. The SMILES string of the molecule is Cc1cc(C)c(NC(=O)NCc2ncc[nH]2)c(C(=O)O)c1. The normalized spacial score (nSPS) is 10.2. The molecule has 0 aliphatic heterocycles. The van der Waals surface area contributed by atoms with Gasteiger partial charge >= 0.3 is 12.0 Å². The standard InChI is InChI=1S/C14H16N4O3/c1-8-5-9(2)12(10(6-8)13(19)20)18-14(21)17-7-11-15-3-4-16-11/h3-6H,7H2,1-2H3,(H,15,16)(H,19,20)(H2,17,18,21). The minimum Gasteiger partial charge on any atom is -0.478 e. The number of rotatable bonds is 4. The summed E-state index contributed by atoms with van der Waals surface area (Å²) < 4.78 is 0. The zero-order valence-electron chi connectivity index (χ0n) is 11.7. The van der Waals surface area contributed by atoms with Gasteiger partial charge in [-0.05, 0) is 31.0 Å². The van der Waals surface area contributed by atoms with Gasteiger partial charge in [-0.3, -0.25) is 0 Å². The highest BCUT2D eigenvalue weighted by atomic mass is 16.4. The van der Waals surface area contributed by atoms with Gasteiger partial charge in [-0.15, -0.1) is 0 Å². The van der Waals surface area contributed by atoms with Crippen LogP contribution in [0.25, 0.3) is 0 Å². The number of aromatic amines is 1. The molecule has 1 heterocycles. The number of carboxylic acids is 1. The number of benzene rings is 1. The van der Waals surface area contributed by atoms with Crippen LogP contribution in [0.15, 0.2) is 24.5 Å². The van der Waals surface area contributed by atoms with Gasteiger partial charge in [0.1, 0.15) is 5.82 Å². The zero-order valence-corrected chi connectivity index (χ0v) is 11.7. The molecule has 0 bridgehead atoms. The number of nitrogens with zero attached hydrogens (tertiary/aromatic N) is 1. The van der Waals surface area contributed by atoms with E-state index in [1.54, 1.807) is 26.2 Å². The van der Waals surface area contributed by atoms with Crippen molar-refractivity contribution in [3.8, 4) is 0 Å². The number of amides is 2. The molecule has 0 fully saturated rings. The van der Waals surface area contributed by atoms with E-state index < -0.39 is 12.0 Å². The van der Waals surface area contributed by atoms with Crippen LogP contribution >= 0.6 is 0 Å². The maximum atomic E-state index is 11.9. The average Bonchev–Trinajstić information content (AvgIpc) is 2.92. The molecule has 0 saturated heterocycles. The molecule has 7 heteroatoms. The highest BCUT2D eigenvalue weighted by Crippen LogP contribution is 2.22. The van der Waals surface area contributed by atoms with Crippen molar-refractivity contribution in [1.29, 1.82) is 0 Å². The number of carbonyl (C=O) groups is 2. The van der Waals surface area contributed by atoms with E-state index in [1.165, 1.54) is 6.07 Å². The second-order valence-corrected chi connectivity index (χ2v) is 4.65. The van der Waals surface area contributed by atoms with Crippen molar-refractivity contribution in [2.24, 2.45) is 0 Å². The zero-order chi connectivity index (χ0) is 15.4. The molecule has 0 radical (unpaired) electrons. The van der Waals surface area contributed by atoms with Crippen LogP contribution in [-0.4, -0.2) is 27.1 Å². The molecule has 4 N–H and O–H groups in total. The Morgan fingerprint density at radius 2 is 2.10 bits per heavy atom. The first kappa shape index (κ1) is 14.6. The average molecular weight is 288 g/mol. The summed E-state index contributed by atoms with van der Waals surface area (Å²) in [6, 6.07) is 2.85. The highest BCUT2D eigenvalue weighted by Gasteiger charge is 2.15. The van der Waals surface area contributed by atoms with Gasteiger partial charge < -0.3 is 20.7 Å². The van der Waals surface area contributed by atoms with Crippen LogP contribution in [0, 0.1) is 13.8 Å². The van der Waals surface area contributed by atoms with Crippen molar-refractivity contribution < 1.29 is 14.7 Å². The Labute approximate surface area is 121 Å². The smallest absolute Gasteiger partial charge is 0.337 e. The number of urea groups is 1. The van der Waals surface area contributed by atoms with Crippen LogP contribution in [0.2, 0.25) is 0 Å². The van der Waals surface area contributed by atoms with E-state index in [0.717, 1.165) is 5.56 Å². The molecule has 0 spiro atoms. The summed E-state index contributed by atoms with van der Waals surface area (Å²) in [4.78, 5) is 30.0. The summed E-state index contributed by atoms with van der Waals surface area (Å²) in [6.07, 6.45) is 3.24. The van der Waals surface area contributed by atoms with Gasteiger partial charge in [-0.2, -0.15) is 0 Å². The van der Waals surface area contributed by atoms with Crippen LogP contribution in [0.3, 0.4) is 0 Å². The Morgan fingerprint density at radius 3 is 2.71 bits per heavy atom. The number of hydrogen-bond donors (Lipinski definition) is 4. The largest absolute Gasteiger partial charge is 0.478 e. The van der Waals surface area contributed by atoms with E-state index in [-0.39, 0.29) is 12.1 Å². The summed E-state index contributed by atoms with van der Waals surface area (Å²) in [7, 11) is 0. The monoisotopic (exact) mass is 288 g/mol. The molecular formula is C14H16N4O3. The Morgan fingerprint density at radius 1 is 1.33 bits per heavy atom. The fourth-order valence-electron chi connectivity index (χ4n) is 2.02. The van der Waals surface area contributed by atoms with E-state index in [9.17, 15) is 14.7 Å². The molecule has 0 aliphatic carbocycles. The molecular weight excluding hydrogens is 272 g/mol. The Balaban J connectivity index is 2.11. The van der Waals surface area contributed by atoms with Gasteiger partial charge in [0.15, 0.2) is 0 Å². The van der Waals surface area contributed by atoms with Gasteiger partial charge in [0.2, 0.25) is 0 Å². The van der Waals surface area contributed by atoms with E-state index in [4.69, 9.17) is 0 Å². The maximum absolute atomic E-state index is 11.9. The number of aryl methyl sites for hydroxylation is 2. The summed E-state index contributed by atoms with van der Waals surface area (Å²) in [5.41, 5.74) is 1.89. The van der Waals surface area contributed by atoms with Crippen molar-refractivity contribution in [3.05, 3.63) is 47.0 Å². The van der Waals surface area contributed by atoms with Crippen LogP contribution in [0.5, 0.6) is 0 Å². The third-order valence-corrected chi connectivity index (χ3v) is 2.92. The van der Waals surface area contributed by atoms with E-state index in [2.05, 4.69) is 20.6 Å². The predicted octanol–water partition coefficient (Wildman–Crippen LogP) is 2.05. The maximum Gasteiger partial charge on any atom is 0.337 e. The third kappa shape index (κ3) is 3.59. The lowest BCUT2D eigenvalue weighted by Gasteiger charge is -2.13.